The van der Waals surface area contributed by atoms with Crippen molar-refractivity contribution in [2.75, 3.05) is 13.1 Å². The molecule has 2 aliphatic carbocycles. The van der Waals surface area contributed by atoms with Crippen molar-refractivity contribution in [3.8, 4) is 0 Å². The third-order valence-corrected chi connectivity index (χ3v) is 3.94. The van der Waals surface area contributed by atoms with Crippen LogP contribution in [0.1, 0.15) is 51.9 Å². The van der Waals surface area contributed by atoms with Gasteiger partial charge in [-0.15, -0.1) is 0 Å². The fourth-order valence-electron chi connectivity index (χ4n) is 2.91. The number of aldehydes is 1. The molecule has 0 N–H and O–H groups in total. The van der Waals surface area contributed by atoms with Gasteiger partial charge in [-0.3, -0.25) is 4.90 Å². The Kier molecular flexibility index (Phi) is 3.45. The van der Waals surface area contributed by atoms with Crippen LogP contribution in [-0.2, 0) is 4.79 Å². The van der Waals surface area contributed by atoms with E-state index < -0.39 is 0 Å². The number of rotatable bonds is 6. The molecule has 0 aromatic heterocycles. The zero-order valence-electron chi connectivity index (χ0n) is 9.87. The second-order valence-corrected chi connectivity index (χ2v) is 5.39. The summed E-state index contributed by atoms with van der Waals surface area (Å²) in [6.45, 7) is 4.45. The smallest absolute Gasteiger partial charge is 0.127 e. The van der Waals surface area contributed by atoms with Crippen molar-refractivity contribution in [2.45, 2.75) is 57.9 Å². The molecule has 0 aromatic carbocycles. The van der Waals surface area contributed by atoms with Crippen molar-refractivity contribution in [3.05, 3.63) is 0 Å². The van der Waals surface area contributed by atoms with Gasteiger partial charge in [0.15, 0.2) is 0 Å². The maximum atomic E-state index is 11.3. The fourth-order valence-corrected chi connectivity index (χ4v) is 2.91. The van der Waals surface area contributed by atoms with Gasteiger partial charge < -0.3 is 4.79 Å². The molecule has 2 aliphatic rings. The van der Waals surface area contributed by atoms with Gasteiger partial charge in [0.1, 0.15) is 6.29 Å². The van der Waals surface area contributed by atoms with Crippen molar-refractivity contribution in [2.24, 2.45) is 5.41 Å². The van der Waals surface area contributed by atoms with Gasteiger partial charge in [0.25, 0.3) is 0 Å². The molecule has 0 radical (unpaired) electrons. The molecule has 2 rings (SSSR count). The second kappa shape index (κ2) is 4.65. The Morgan fingerprint density at radius 1 is 1.33 bits per heavy atom. The van der Waals surface area contributed by atoms with E-state index in [2.05, 4.69) is 11.8 Å². The molecule has 86 valence electrons. The Morgan fingerprint density at radius 3 is 2.47 bits per heavy atom. The van der Waals surface area contributed by atoms with Crippen LogP contribution < -0.4 is 0 Å². The Bertz CT molecular complexity index is 217. The number of carbonyl (C=O) groups is 1. The maximum Gasteiger partial charge on any atom is 0.127 e. The lowest BCUT2D eigenvalue weighted by molar-refractivity contribution is -0.117. The highest BCUT2D eigenvalue weighted by atomic mass is 16.1. The SMILES string of the molecule is CCCN(CC1(C=O)CCCC1)C1CC1. The molecule has 15 heavy (non-hydrogen) atoms. The van der Waals surface area contributed by atoms with E-state index in [1.165, 1.54) is 44.9 Å². The lowest BCUT2D eigenvalue weighted by Gasteiger charge is -2.31. The summed E-state index contributed by atoms with van der Waals surface area (Å²) < 4.78 is 0. The Hall–Kier alpha value is -0.370. The first kappa shape index (κ1) is 11.1. The van der Waals surface area contributed by atoms with Crippen LogP contribution in [0.25, 0.3) is 0 Å². The number of carbonyl (C=O) groups excluding carboxylic acids is 1. The number of hydrogen-bond acceptors (Lipinski definition) is 2. The highest BCUT2D eigenvalue weighted by molar-refractivity contribution is 5.60. The Morgan fingerprint density at radius 2 is 2.00 bits per heavy atom. The Labute approximate surface area is 93.0 Å². The second-order valence-electron chi connectivity index (χ2n) is 5.39. The normalized spacial score (nSPS) is 24.7. The average molecular weight is 209 g/mol. The van der Waals surface area contributed by atoms with E-state index >= 15 is 0 Å². The maximum absolute atomic E-state index is 11.3. The predicted octanol–water partition coefficient (Wildman–Crippen LogP) is 2.62. The first-order chi connectivity index (χ1) is 7.29. The first-order valence-corrected chi connectivity index (χ1v) is 6.50. The summed E-state index contributed by atoms with van der Waals surface area (Å²) >= 11 is 0. The van der Waals surface area contributed by atoms with Crippen LogP contribution in [0.5, 0.6) is 0 Å². The molecule has 0 heterocycles. The summed E-state index contributed by atoms with van der Waals surface area (Å²) in [4.78, 5) is 13.9. The van der Waals surface area contributed by atoms with Crippen LogP contribution in [0.15, 0.2) is 0 Å². The third-order valence-electron chi connectivity index (χ3n) is 3.94. The predicted molar refractivity (Wildman–Crippen MR) is 61.9 cm³/mol. The van der Waals surface area contributed by atoms with Crippen LogP contribution in [-0.4, -0.2) is 30.3 Å². The van der Waals surface area contributed by atoms with E-state index in [0.29, 0.717) is 0 Å². The molecule has 2 heteroatoms. The highest BCUT2D eigenvalue weighted by Crippen LogP contribution is 2.39. The van der Waals surface area contributed by atoms with Crippen LogP contribution >= 0.6 is 0 Å². The largest absolute Gasteiger partial charge is 0.303 e. The average Bonchev–Trinajstić information content (AvgIpc) is 3.00. The lowest BCUT2D eigenvalue weighted by atomic mass is 9.87. The van der Waals surface area contributed by atoms with Gasteiger partial charge in [-0.2, -0.15) is 0 Å². The molecule has 2 saturated carbocycles. The van der Waals surface area contributed by atoms with Crippen molar-refractivity contribution in [1.82, 2.24) is 4.90 Å². The number of nitrogens with zero attached hydrogens (tertiary/aromatic N) is 1. The standard InChI is InChI=1S/C13H23NO/c1-2-9-14(12-5-6-12)10-13(11-15)7-3-4-8-13/h11-12H,2-10H2,1H3. The summed E-state index contributed by atoms with van der Waals surface area (Å²) in [5.74, 6) is 0. The monoisotopic (exact) mass is 209 g/mol. The van der Waals surface area contributed by atoms with Gasteiger partial charge in [0.2, 0.25) is 0 Å². The van der Waals surface area contributed by atoms with Gasteiger partial charge in [0, 0.05) is 18.0 Å². The minimum Gasteiger partial charge on any atom is -0.303 e. The van der Waals surface area contributed by atoms with Gasteiger partial charge >= 0.3 is 0 Å². The molecule has 0 atom stereocenters. The van der Waals surface area contributed by atoms with E-state index in [1.807, 2.05) is 0 Å². The fraction of sp³-hybridized carbons (Fsp3) is 0.923. The topological polar surface area (TPSA) is 20.3 Å². The van der Waals surface area contributed by atoms with Gasteiger partial charge in [-0.25, -0.2) is 0 Å². The molecule has 0 amide bonds. The van der Waals surface area contributed by atoms with E-state index in [0.717, 1.165) is 25.4 Å². The van der Waals surface area contributed by atoms with Crippen molar-refractivity contribution in [1.29, 1.82) is 0 Å². The van der Waals surface area contributed by atoms with Crippen LogP contribution in [0.4, 0.5) is 0 Å². The molecule has 2 nitrogen and oxygen atoms in total. The molecule has 0 bridgehead atoms. The quantitative estimate of drug-likeness (QED) is 0.627. The molecule has 0 unspecified atom stereocenters. The van der Waals surface area contributed by atoms with Crippen LogP contribution in [0.3, 0.4) is 0 Å². The summed E-state index contributed by atoms with van der Waals surface area (Å²) in [6.07, 6.45) is 9.94. The molecule has 0 spiro atoms. The number of hydrogen-bond donors (Lipinski definition) is 0. The molecule has 0 saturated heterocycles. The highest BCUT2D eigenvalue weighted by Gasteiger charge is 2.39. The van der Waals surface area contributed by atoms with Gasteiger partial charge in [-0.05, 0) is 38.6 Å². The van der Waals surface area contributed by atoms with E-state index in [1.54, 1.807) is 0 Å². The van der Waals surface area contributed by atoms with Crippen molar-refractivity contribution < 1.29 is 4.79 Å². The molecular weight excluding hydrogens is 186 g/mol. The Balaban J connectivity index is 1.93. The molecule has 2 fully saturated rings. The minimum absolute atomic E-state index is 0.0256. The first-order valence-electron chi connectivity index (χ1n) is 6.50. The summed E-state index contributed by atoms with van der Waals surface area (Å²) in [6, 6.07) is 0.808. The summed E-state index contributed by atoms with van der Waals surface area (Å²) in [5.41, 5.74) is 0.0256. The molecule has 0 aromatic rings. The van der Waals surface area contributed by atoms with Gasteiger partial charge in [-0.1, -0.05) is 19.8 Å². The minimum atomic E-state index is 0.0256. The zero-order chi connectivity index (χ0) is 10.7. The molecule has 0 aliphatic heterocycles. The van der Waals surface area contributed by atoms with E-state index in [-0.39, 0.29) is 5.41 Å². The van der Waals surface area contributed by atoms with E-state index in [4.69, 9.17) is 0 Å². The van der Waals surface area contributed by atoms with Crippen molar-refractivity contribution in [3.63, 3.8) is 0 Å². The summed E-state index contributed by atoms with van der Waals surface area (Å²) in [7, 11) is 0. The zero-order valence-corrected chi connectivity index (χ0v) is 9.87. The lowest BCUT2D eigenvalue weighted by Crippen LogP contribution is -2.39. The van der Waals surface area contributed by atoms with E-state index in [9.17, 15) is 4.79 Å². The van der Waals surface area contributed by atoms with Crippen LogP contribution in [0.2, 0.25) is 0 Å². The summed E-state index contributed by atoms with van der Waals surface area (Å²) in [5, 5.41) is 0. The van der Waals surface area contributed by atoms with Gasteiger partial charge in [0.05, 0.1) is 0 Å². The van der Waals surface area contributed by atoms with Crippen molar-refractivity contribution >= 4 is 6.29 Å². The molecular formula is C13H23NO. The van der Waals surface area contributed by atoms with Crippen LogP contribution in [0, 0.1) is 5.41 Å². The third kappa shape index (κ3) is 2.60.